The van der Waals surface area contributed by atoms with Gasteiger partial charge in [0.1, 0.15) is 12.1 Å². The third-order valence-electron chi connectivity index (χ3n) is 4.92. The Hall–Kier alpha value is -4.26. The van der Waals surface area contributed by atoms with Gasteiger partial charge in [0.05, 0.1) is 4.92 Å². The molecular weight excluding hydrogens is 404 g/mol. The van der Waals surface area contributed by atoms with Crippen molar-refractivity contribution in [2.75, 3.05) is 4.90 Å². The third kappa shape index (κ3) is 5.07. The summed E-state index contributed by atoms with van der Waals surface area (Å²) < 4.78 is 5.80. The Morgan fingerprint density at radius 1 is 0.844 bits per heavy atom. The summed E-state index contributed by atoms with van der Waals surface area (Å²) in [5, 5.41) is 12.1. The molecule has 4 rings (SSSR count). The highest BCUT2D eigenvalue weighted by Gasteiger charge is 2.29. The van der Waals surface area contributed by atoms with Gasteiger partial charge in [0.2, 0.25) is 5.82 Å². The first-order valence-corrected chi connectivity index (χ1v) is 10.2. The van der Waals surface area contributed by atoms with Crippen LogP contribution in [0.2, 0.25) is 0 Å². The van der Waals surface area contributed by atoms with Crippen LogP contribution in [0.15, 0.2) is 91.3 Å². The minimum Gasteiger partial charge on any atom is -0.434 e. The fourth-order valence-electron chi connectivity index (χ4n) is 3.35. The predicted octanol–water partition coefficient (Wildman–Crippen LogP) is 5.69. The van der Waals surface area contributed by atoms with Crippen LogP contribution in [0.25, 0.3) is 0 Å². The molecule has 1 aromatic heterocycles. The molecule has 0 saturated carbocycles. The summed E-state index contributed by atoms with van der Waals surface area (Å²) in [6, 6.07) is 26.8. The number of aromatic nitrogens is 2. The van der Waals surface area contributed by atoms with E-state index in [1.54, 1.807) is 12.1 Å². The normalized spacial score (nSPS) is 10.5. The molecule has 3 aromatic carbocycles. The lowest BCUT2D eigenvalue weighted by molar-refractivity contribution is -0.385. The molecule has 4 aromatic rings. The summed E-state index contributed by atoms with van der Waals surface area (Å²) in [5.74, 6) is 0.593. The number of hydrogen-bond acceptors (Lipinski definition) is 6. The molecule has 0 N–H and O–H groups in total. The van der Waals surface area contributed by atoms with Gasteiger partial charge in [0.15, 0.2) is 0 Å². The zero-order valence-electron chi connectivity index (χ0n) is 17.6. The quantitative estimate of drug-likeness (QED) is 0.266. The minimum atomic E-state index is -0.484. The van der Waals surface area contributed by atoms with E-state index in [9.17, 15) is 10.1 Å². The molecule has 1 heterocycles. The van der Waals surface area contributed by atoms with Crippen molar-refractivity contribution in [1.29, 1.82) is 0 Å². The smallest absolute Gasteiger partial charge is 0.373 e. The molecule has 0 aliphatic heterocycles. The highest BCUT2D eigenvalue weighted by Crippen LogP contribution is 2.37. The van der Waals surface area contributed by atoms with Crippen LogP contribution in [0.5, 0.6) is 11.6 Å². The first-order valence-electron chi connectivity index (χ1n) is 10.2. The highest BCUT2D eigenvalue weighted by atomic mass is 16.6. The SMILES string of the molecule is Cc1ccc(Oc2ncnc(N(Cc3ccccc3)Cc3ccccc3)c2[N+](=O)[O-])cc1. The van der Waals surface area contributed by atoms with E-state index < -0.39 is 4.92 Å². The number of hydrogen-bond donors (Lipinski definition) is 0. The van der Waals surface area contributed by atoms with Crippen molar-refractivity contribution in [1.82, 2.24) is 9.97 Å². The Morgan fingerprint density at radius 2 is 1.41 bits per heavy atom. The van der Waals surface area contributed by atoms with E-state index in [0.29, 0.717) is 18.8 Å². The molecular formula is C25H22N4O3. The maximum absolute atomic E-state index is 12.1. The maximum Gasteiger partial charge on any atom is 0.373 e. The molecule has 0 amide bonds. The van der Waals surface area contributed by atoms with Gasteiger partial charge in [-0.2, -0.15) is 4.98 Å². The number of benzene rings is 3. The van der Waals surface area contributed by atoms with Crippen LogP contribution in [-0.2, 0) is 13.1 Å². The zero-order chi connectivity index (χ0) is 22.3. The lowest BCUT2D eigenvalue weighted by Gasteiger charge is -2.24. The maximum atomic E-state index is 12.1. The number of rotatable bonds is 8. The molecule has 7 heteroatoms. The summed E-state index contributed by atoms with van der Waals surface area (Å²) in [6.07, 6.45) is 1.30. The van der Waals surface area contributed by atoms with Crippen LogP contribution < -0.4 is 9.64 Å². The largest absolute Gasteiger partial charge is 0.434 e. The predicted molar refractivity (Wildman–Crippen MR) is 123 cm³/mol. The lowest BCUT2D eigenvalue weighted by atomic mass is 10.1. The van der Waals surface area contributed by atoms with Gasteiger partial charge >= 0.3 is 11.6 Å². The van der Waals surface area contributed by atoms with Gasteiger partial charge in [-0.3, -0.25) is 10.1 Å². The van der Waals surface area contributed by atoms with E-state index in [1.807, 2.05) is 84.6 Å². The second-order valence-corrected chi connectivity index (χ2v) is 7.35. The van der Waals surface area contributed by atoms with E-state index in [0.717, 1.165) is 16.7 Å². The summed E-state index contributed by atoms with van der Waals surface area (Å²) >= 11 is 0. The molecule has 32 heavy (non-hydrogen) atoms. The molecule has 0 atom stereocenters. The molecule has 0 bridgehead atoms. The number of anilines is 1. The van der Waals surface area contributed by atoms with Gasteiger partial charge in [-0.25, -0.2) is 4.98 Å². The lowest BCUT2D eigenvalue weighted by Crippen LogP contribution is -2.24. The summed E-state index contributed by atoms with van der Waals surface area (Å²) in [5.41, 5.74) is 2.82. The number of aryl methyl sites for hydroxylation is 1. The summed E-state index contributed by atoms with van der Waals surface area (Å²) in [6.45, 7) is 2.84. The summed E-state index contributed by atoms with van der Waals surface area (Å²) in [7, 11) is 0. The average Bonchev–Trinajstić information content (AvgIpc) is 2.81. The molecule has 0 unspecified atom stereocenters. The minimum absolute atomic E-state index is 0.0880. The molecule has 160 valence electrons. The number of ether oxygens (including phenoxy) is 1. The van der Waals surface area contributed by atoms with Crippen LogP contribution >= 0.6 is 0 Å². The fourth-order valence-corrected chi connectivity index (χ4v) is 3.35. The molecule has 0 radical (unpaired) electrons. The second-order valence-electron chi connectivity index (χ2n) is 7.35. The van der Waals surface area contributed by atoms with Gasteiger partial charge in [0.25, 0.3) is 0 Å². The van der Waals surface area contributed by atoms with E-state index in [-0.39, 0.29) is 17.4 Å². The van der Waals surface area contributed by atoms with Crippen molar-refractivity contribution in [3.63, 3.8) is 0 Å². The molecule has 7 nitrogen and oxygen atoms in total. The van der Waals surface area contributed by atoms with Gasteiger partial charge in [-0.1, -0.05) is 78.4 Å². The second kappa shape index (κ2) is 9.70. The van der Waals surface area contributed by atoms with E-state index in [4.69, 9.17) is 4.74 Å². The number of nitrogens with zero attached hydrogens (tertiary/aromatic N) is 4. The van der Waals surface area contributed by atoms with Crippen molar-refractivity contribution in [2.45, 2.75) is 20.0 Å². The Labute approximate surface area is 186 Å². The Balaban J connectivity index is 1.75. The summed E-state index contributed by atoms with van der Waals surface area (Å²) in [4.78, 5) is 21.9. The highest BCUT2D eigenvalue weighted by molar-refractivity contribution is 5.63. The molecule has 0 spiro atoms. The Bertz CT molecular complexity index is 1140. The standard InChI is InChI=1S/C25H22N4O3/c1-19-12-14-22(15-13-19)32-25-23(29(30)31)24(26-18-27-25)28(16-20-8-4-2-5-9-20)17-21-10-6-3-7-11-21/h2-15,18H,16-17H2,1H3. The van der Waals surface area contributed by atoms with Crippen molar-refractivity contribution < 1.29 is 9.66 Å². The van der Waals surface area contributed by atoms with Crippen LogP contribution in [0.4, 0.5) is 11.5 Å². The van der Waals surface area contributed by atoms with Gasteiger partial charge < -0.3 is 9.64 Å². The molecule has 0 fully saturated rings. The van der Waals surface area contributed by atoms with E-state index in [1.165, 1.54) is 6.33 Å². The number of nitro groups is 1. The molecule has 0 saturated heterocycles. The van der Waals surface area contributed by atoms with Crippen molar-refractivity contribution in [3.8, 4) is 11.6 Å². The van der Waals surface area contributed by atoms with E-state index >= 15 is 0 Å². The van der Waals surface area contributed by atoms with E-state index in [2.05, 4.69) is 9.97 Å². The Kier molecular flexibility index (Phi) is 6.36. The first kappa shape index (κ1) is 21.0. The van der Waals surface area contributed by atoms with Crippen molar-refractivity contribution in [2.24, 2.45) is 0 Å². The zero-order valence-corrected chi connectivity index (χ0v) is 17.6. The molecule has 0 aliphatic carbocycles. The van der Waals surface area contributed by atoms with Gasteiger partial charge in [-0.15, -0.1) is 0 Å². The van der Waals surface area contributed by atoms with Crippen molar-refractivity contribution in [3.05, 3.63) is 118 Å². The fraction of sp³-hybridized carbons (Fsp3) is 0.120. The topological polar surface area (TPSA) is 81.4 Å². The van der Waals surface area contributed by atoms with Gasteiger partial charge in [-0.05, 0) is 30.2 Å². The molecule has 0 aliphatic rings. The monoisotopic (exact) mass is 426 g/mol. The average molecular weight is 426 g/mol. The van der Waals surface area contributed by atoms with Gasteiger partial charge in [0, 0.05) is 13.1 Å². The third-order valence-corrected chi connectivity index (χ3v) is 4.92. The van der Waals surface area contributed by atoms with Crippen LogP contribution in [0, 0.1) is 17.0 Å². The van der Waals surface area contributed by atoms with Crippen molar-refractivity contribution >= 4 is 11.5 Å². The van der Waals surface area contributed by atoms with Crippen LogP contribution in [0.1, 0.15) is 16.7 Å². The van der Waals surface area contributed by atoms with Crippen LogP contribution in [-0.4, -0.2) is 14.9 Å². The van der Waals surface area contributed by atoms with Crippen LogP contribution in [0.3, 0.4) is 0 Å². The Morgan fingerprint density at radius 3 is 1.94 bits per heavy atom. The first-order chi connectivity index (χ1) is 15.6.